The summed E-state index contributed by atoms with van der Waals surface area (Å²) in [6, 6.07) is 9.10. The second-order valence-corrected chi connectivity index (χ2v) is 16.2. The molecule has 2 aromatic carbocycles. The highest BCUT2D eigenvalue weighted by Gasteiger charge is 2.53. The number of halogens is 5. The first kappa shape index (κ1) is 35.8. The summed E-state index contributed by atoms with van der Waals surface area (Å²) in [5.41, 5.74) is 0.566. The van der Waals surface area contributed by atoms with Crippen molar-refractivity contribution in [1.82, 2.24) is 24.8 Å². The highest BCUT2D eigenvalue weighted by atomic mass is 35.5. The second-order valence-electron chi connectivity index (χ2n) is 15.8. The van der Waals surface area contributed by atoms with Gasteiger partial charge in [-0.15, -0.1) is 0 Å². The SMILES string of the molecule is CC(C)n1cnc2cc(-c3ccc4c(c3)N(C3CC(N5CCCCC5)C3)C(=O)C4(C)C)nc(Nc3cc(C(=O)NC4(C(F)F)CC4)c(Cl)c(F)c3F)c21. The van der Waals surface area contributed by atoms with Crippen LogP contribution in [0.15, 0.2) is 36.7 Å². The van der Waals surface area contributed by atoms with Crippen LogP contribution in [0.5, 0.6) is 0 Å². The highest BCUT2D eigenvalue weighted by Crippen LogP contribution is 2.48. The fourth-order valence-electron chi connectivity index (χ4n) is 8.16. The first-order chi connectivity index (χ1) is 25.2. The van der Waals surface area contributed by atoms with E-state index in [2.05, 4.69) is 20.5 Å². The molecule has 2 aliphatic heterocycles. The lowest BCUT2D eigenvalue weighted by atomic mass is 9.82. The van der Waals surface area contributed by atoms with Gasteiger partial charge in [0.05, 0.1) is 39.2 Å². The second kappa shape index (κ2) is 13.0. The van der Waals surface area contributed by atoms with E-state index in [0.717, 1.165) is 43.2 Å². The summed E-state index contributed by atoms with van der Waals surface area (Å²) in [6.07, 6.45) is 4.45. The van der Waals surface area contributed by atoms with Crippen molar-refractivity contribution in [3.05, 3.63) is 64.4 Å². The molecule has 4 aliphatic rings. The van der Waals surface area contributed by atoms with E-state index in [0.29, 0.717) is 28.3 Å². The van der Waals surface area contributed by atoms with Crippen molar-refractivity contribution in [2.45, 2.75) is 108 Å². The third-order valence-electron chi connectivity index (χ3n) is 11.7. The number of aromatic nitrogens is 3. The molecule has 1 saturated heterocycles. The molecule has 4 heterocycles. The number of hydrogen-bond acceptors (Lipinski definition) is 6. The number of piperidine rings is 1. The van der Waals surface area contributed by atoms with Gasteiger partial charge in [0, 0.05) is 29.4 Å². The average molecular weight is 752 g/mol. The quantitative estimate of drug-likeness (QED) is 0.132. The van der Waals surface area contributed by atoms with Crippen LogP contribution in [0.1, 0.15) is 94.6 Å². The molecule has 0 radical (unpaired) electrons. The largest absolute Gasteiger partial charge is 0.341 e. The maximum atomic E-state index is 15.6. The predicted molar refractivity (Wildman–Crippen MR) is 196 cm³/mol. The summed E-state index contributed by atoms with van der Waals surface area (Å²) < 4.78 is 59.9. The van der Waals surface area contributed by atoms with Crippen molar-refractivity contribution in [3.8, 4) is 11.3 Å². The number of pyridine rings is 1. The summed E-state index contributed by atoms with van der Waals surface area (Å²) in [6.45, 7) is 9.98. The van der Waals surface area contributed by atoms with Crippen LogP contribution in [0.25, 0.3) is 22.3 Å². The summed E-state index contributed by atoms with van der Waals surface area (Å²) >= 11 is 6.07. The minimum absolute atomic E-state index is 0.0581. The molecule has 2 aromatic heterocycles. The Morgan fingerprint density at radius 1 is 1.00 bits per heavy atom. The lowest BCUT2D eigenvalue weighted by Crippen LogP contribution is -2.57. The van der Waals surface area contributed by atoms with Crippen LogP contribution in [-0.4, -0.2) is 68.4 Å². The summed E-state index contributed by atoms with van der Waals surface area (Å²) in [7, 11) is 0. The number of hydrogen-bond donors (Lipinski definition) is 2. The fraction of sp³-hybridized carbons (Fsp3) is 0.487. The van der Waals surface area contributed by atoms with E-state index in [1.807, 2.05) is 55.4 Å². The zero-order chi connectivity index (χ0) is 37.6. The van der Waals surface area contributed by atoms with Crippen LogP contribution >= 0.6 is 11.6 Å². The number of benzene rings is 2. The molecule has 3 fully saturated rings. The smallest absolute Gasteiger partial charge is 0.261 e. The van der Waals surface area contributed by atoms with Crippen LogP contribution in [0, 0.1) is 11.6 Å². The van der Waals surface area contributed by atoms with Crippen molar-refractivity contribution < 1.29 is 27.2 Å². The molecular formula is C39H42ClF4N7O2. The Kier molecular flexibility index (Phi) is 8.75. The minimum atomic E-state index is -2.83. The van der Waals surface area contributed by atoms with E-state index in [1.54, 1.807) is 12.4 Å². The van der Waals surface area contributed by atoms with Crippen LogP contribution in [0.4, 0.5) is 34.8 Å². The summed E-state index contributed by atoms with van der Waals surface area (Å²) in [5.74, 6) is -3.72. The molecule has 4 aromatic rings. The lowest BCUT2D eigenvalue weighted by molar-refractivity contribution is -0.123. The molecule has 2 saturated carbocycles. The average Bonchev–Trinajstić information content (AvgIpc) is 3.72. The van der Waals surface area contributed by atoms with Crippen molar-refractivity contribution in [1.29, 1.82) is 0 Å². The van der Waals surface area contributed by atoms with Gasteiger partial charge in [-0.3, -0.25) is 9.59 Å². The van der Waals surface area contributed by atoms with Crippen LogP contribution in [0.2, 0.25) is 5.02 Å². The number of carbonyl (C=O) groups excluding carboxylic acids is 2. The van der Waals surface area contributed by atoms with Gasteiger partial charge in [-0.1, -0.05) is 30.2 Å². The van der Waals surface area contributed by atoms with Gasteiger partial charge < -0.3 is 25.0 Å². The molecule has 0 spiro atoms. The molecule has 2 amide bonds. The Balaban J connectivity index is 1.17. The zero-order valence-electron chi connectivity index (χ0n) is 30.1. The molecule has 9 nitrogen and oxygen atoms in total. The molecule has 0 atom stereocenters. The van der Waals surface area contributed by atoms with Crippen molar-refractivity contribution >= 4 is 51.6 Å². The van der Waals surface area contributed by atoms with Gasteiger partial charge in [0.1, 0.15) is 11.1 Å². The first-order valence-electron chi connectivity index (χ1n) is 18.4. The van der Waals surface area contributed by atoms with Gasteiger partial charge in [0.2, 0.25) is 5.91 Å². The van der Waals surface area contributed by atoms with Crippen LogP contribution < -0.4 is 15.5 Å². The van der Waals surface area contributed by atoms with E-state index in [1.165, 1.54) is 19.3 Å². The monoisotopic (exact) mass is 751 g/mol. The van der Waals surface area contributed by atoms with Crippen LogP contribution in [0.3, 0.4) is 0 Å². The molecule has 2 aliphatic carbocycles. The molecule has 14 heteroatoms. The lowest BCUT2D eigenvalue weighted by Gasteiger charge is -2.48. The van der Waals surface area contributed by atoms with Crippen LogP contribution in [-0.2, 0) is 10.2 Å². The fourth-order valence-corrected chi connectivity index (χ4v) is 8.38. The Hall–Kier alpha value is -4.23. The molecule has 8 rings (SSSR count). The highest BCUT2D eigenvalue weighted by molar-refractivity contribution is 6.34. The number of nitrogens with one attached hydrogen (secondary N) is 2. The number of fused-ring (bicyclic) bond motifs is 2. The number of likely N-dealkylation sites (tertiary alicyclic amines) is 1. The number of rotatable bonds is 9. The maximum Gasteiger partial charge on any atom is 0.261 e. The Morgan fingerprint density at radius 3 is 2.38 bits per heavy atom. The summed E-state index contributed by atoms with van der Waals surface area (Å²) in [4.78, 5) is 41.1. The topological polar surface area (TPSA) is 95.4 Å². The molecule has 0 bridgehead atoms. The van der Waals surface area contributed by atoms with Gasteiger partial charge in [-0.05, 0) is 103 Å². The number of anilines is 3. The van der Waals surface area contributed by atoms with E-state index in [4.69, 9.17) is 16.6 Å². The molecular weight excluding hydrogens is 710 g/mol. The standard InChI is InChI=1S/C39H42ClF4N7O2/c1-20(2)50-19-45-28-18-26(21-8-9-25-29(14-21)51(37(53)38(25,3)4)23-15-22(16-23)49-12-6-5-7-13-49)46-34(33(28)50)47-27-17-24(30(40)32(42)31(27)41)35(52)48-39(10-11-39)36(43)44/h8-9,14,17-20,22-23,36H,5-7,10-13,15-16H2,1-4H3,(H,46,47)(H,48,52). The van der Waals surface area contributed by atoms with Gasteiger partial charge >= 0.3 is 0 Å². The number of alkyl halides is 2. The third kappa shape index (κ3) is 5.94. The summed E-state index contributed by atoms with van der Waals surface area (Å²) in [5, 5.41) is 4.33. The Labute approximate surface area is 310 Å². The third-order valence-corrected chi connectivity index (χ3v) is 12.0. The van der Waals surface area contributed by atoms with E-state index >= 15 is 8.78 Å². The zero-order valence-corrected chi connectivity index (χ0v) is 30.8. The van der Waals surface area contributed by atoms with E-state index < -0.39 is 51.2 Å². The van der Waals surface area contributed by atoms with E-state index in [-0.39, 0.29) is 36.7 Å². The van der Waals surface area contributed by atoms with Gasteiger partial charge in [0.25, 0.3) is 12.3 Å². The Morgan fingerprint density at radius 2 is 1.72 bits per heavy atom. The predicted octanol–water partition coefficient (Wildman–Crippen LogP) is 8.52. The number of imidazole rings is 1. The molecule has 280 valence electrons. The van der Waals surface area contributed by atoms with Gasteiger partial charge in [0.15, 0.2) is 17.5 Å². The first-order valence-corrected chi connectivity index (χ1v) is 18.7. The maximum absolute atomic E-state index is 15.6. The van der Waals surface area contributed by atoms with Gasteiger partial charge in [-0.25, -0.2) is 27.5 Å². The molecule has 53 heavy (non-hydrogen) atoms. The van der Waals surface area contributed by atoms with Crippen molar-refractivity contribution in [3.63, 3.8) is 0 Å². The molecule has 2 N–H and O–H groups in total. The van der Waals surface area contributed by atoms with Crippen molar-refractivity contribution in [2.24, 2.45) is 0 Å². The van der Waals surface area contributed by atoms with Crippen molar-refractivity contribution in [2.75, 3.05) is 23.3 Å². The number of nitrogens with zero attached hydrogens (tertiary/aromatic N) is 5. The van der Waals surface area contributed by atoms with Gasteiger partial charge in [-0.2, -0.15) is 0 Å². The number of carbonyl (C=O) groups is 2. The minimum Gasteiger partial charge on any atom is -0.341 e. The van der Waals surface area contributed by atoms with E-state index in [9.17, 15) is 18.4 Å². The molecule has 0 unspecified atom stereocenters. The normalized spacial score (nSPS) is 22.0. The number of amides is 2. The Bertz CT molecular complexity index is 2140.